The highest BCUT2D eigenvalue weighted by Crippen LogP contribution is 2.37. The lowest BCUT2D eigenvalue weighted by molar-refractivity contribution is -0.159. The second-order valence-corrected chi connectivity index (χ2v) is 17.5. The summed E-state index contributed by atoms with van der Waals surface area (Å²) in [5, 5.41) is 0. The molecule has 4 heterocycles. The van der Waals surface area contributed by atoms with E-state index in [1.54, 1.807) is 0 Å². The normalized spacial score (nSPS) is 25.2. The molecule has 58 heavy (non-hydrogen) atoms. The first-order valence-electron chi connectivity index (χ1n) is 22.5. The molecule has 8 atom stereocenters. The fourth-order valence-corrected chi connectivity index (χ4v) is 9.76. The van der Waals surface area contributed by atoms with Crippen molar-refractivity contribution in [3.63, 3.8) is 0 Å². The van der Waals surface area contributed by atoms with Crippen molar-refractivity contribution in [1.29, 1.82) is 0 Å². The largest absolute Gasteiger partial charge is 0.464 e. The molecule has 6 rings (SSSR count). The quantitative estimate of drug-likeness (QED) is 0.0654. The smallest absolute Gasteiger partial charge is 0.317 e. The van der Waals surface area contributed by atoms with Crippen LogP contribution in [0.4, 0.5) is 0 Å². The van der Waals surface area contributed by atoms with E-state index in [2.05, 4.69) is 30.8 Å². The Labute approximate surface area is 346 Å². The first-order valence-corrected chi connectivity index (χ1v) is 22.5. The van der Waals surface area contributed by atoms with Gasteiger partial charge in [0.15, 0.2) is 0 Å². The Morgan fingerprint density at radius 2 is 1.00 bits per heavy atom. The zero-order valence-corrected chi connectivity index (χ0v) is 35.3. The lowest BCUT2D eigenvalue weighted by atomic mass is 9.96. The number of carbonyl (C=O) groups excluding carboxylic acids is 4. The van der Waals surface area contributed by atoms with Crippen LogP contribution in [0, 0.1) is 0 Å². The van der Waals surface area contributed by atoms with Crippen LogP contribution >= 0.6 is 0 Å². The first-order chi connectivity index (χ1) is 28.2. The van der Waals surface area contributed by atoms with Crippen LogP contribution in [0.3, 0.4) is 0 Å². The maximum Gasteiger partial charge on any atom is 0.317 e. The van der Waals surface area contributed by atoms with E-state index in [1.165, 1.54) is 6.42 Å². The maximum absolute atomic E-state index is 13.7. The molecule has 2 aromatic carbocycles. The highest BCUT2D eigenvalue weighted by Gasteiger charge is 2.42. The van der Waals surface area contributed by atoms with Crippen LogP contribution < -0.4 is 0 Å². The van der Waals surface area contributed by atoms with Crippen molar-refractivity contribution >= 4 is 23.9 Å². The van der Waals surface area contributed by atoms with Crippen LogP contribution in [-0.4, -0.2) is 97.4 Å². The average molecular weight is 801 g/mol. The molecule has 0 aromatic heterocycles. The van der Waals surface area contributed by atoms with Crippen LogP contribution in [0.1, 0.15) is 151 Å². The molecular formula is C48H68N2O8. The third kappa shape index (κ3) is 12.4. The maximum atomic E-state index is 13.7. The van der Waals surface area contributed by atoms with E-state index in [4.69, 9.17) is 18.9 Å². The van der Waals surface area contributed by atoms with Gasteiger partial charge in [0.1, 0.15) is 37.3 Å². The molecule has 2 unspecified atom stereocenters. The average Bonchev–Trinajstić information content (AvgIpc) is 3.53. The summed E-state index contributed by atoms with van der Waals surface area (Å²) in [7, 11) is 4.34. The zero-order valence-electron chi connectivity index (χ0n) is 35.3. The molecule has 10 heteroatoms. The molecule has 0 saturated carbocycles. The van der Waals surface area contributed by atoms with E-state index in [0.717, 1.165) is 113 Å². The second kappa shape index (κ2) is 22.0. The Morgan fingerprint density at radius 3 is 1.47 bits per heavy atom. The number of nitrogens with zero attached hydrogens (tertiary/aromatic N) is 2. The summed E-state index contributed by atoms with van der Waals surface area (Å²) in [6.07, 6.45) is 16.9. The van der Waals surface area contributed by atoms with Gasteiger partial charge in [-0.25, -0.2) is 0 Å². The van der Waals surface area contributed by atoms with Gasteiger partial charge in [0.25, 0.3) is 0 Å². The summed E-state index contributed by atoms with van der Waals surface area (Å²) < 4.78 is 23.5. The minimum absolute atomic E-state index is 0.0198. The number of hydrogen-bond donors (Lipinski definition) is 0. The van der Waals surface area contributed by atoms with Crippen molar-refractivity contribution in [3.05, 3.63) is 71.3 Å². The first kappa shape index (κ1) is 43.8. The molecule has 0 N–H and O–H groups in total. The van der Waals surface area contributed by atoms with Crippen LogP contribution in [0.15, 0.2) is 54.6 Å². The van der Waals surface area contributed by atoms with Crippen molar-refractivity contribution in [2.45, 2.75) is 177 Å². The van der Waals surface area contributed by atoms with Crippen LogP contribution in [0.2, 0.25) is 0 Å². The van der Waals surface area contributed by atoms with Gasteiger partial charge in [0.2, 0.25) is 0 Å². The molecule has 4 saturated heterocycles. The summed E-state index contributed by atoms with van der Waals surface area (Å²) in [5.41, 5.74) is 2.72. The van der Waals surface area contributed by atoms with Gasteiger partial charge in [0.05, 0.1) is 0 Å². The predicted molar refractivity (Wildman–Crippen MR) is 223 cm³/mol. The zero-order chi connectivity index (χ0) is 40.9. The van der Waals surface area contributed by atoms with Crippen molar-refractivity contribution in [2.24, 2.45) is 0 Å². The van der Waals surface area contributed by atoms with Crippen molar-refractivity contribution in [2.75, 3.05) is 27.3 Å². The van der Waals surface area contributed by atoms with Crippen molar-refractivity contribution in [1.82, 2.24) is 9.80 Å². The molecule has 318 valence electrons. The fourth-order valence-electron chi connectivity index (χ4n) is 9.76. The number of esters is 4. The molecule has 4 fully saturated rings. The molecule has 0 spiro atoms. The molecule has 0 radical (unpaired) electrons. The van der Waals surface area contributed by atoms with Crippen LogP contribution in [-0.2, 0) is 44.5 Å². The van der Waals surface area contributed by atoms with Gasteiger partial charge >= 0.3 is 23.9 Å². The molecule has 4 bridgehead atoms. The third-order valence-corrected chi connectivity index (χ3v) is 13.5. The number of ether oxygens (including phenoxy) is 4. The van der Waals surface area contributed by atoms with E-state index in [-0.39, 0.29) is 55.7 Å². The highest BCUT2D eigenvalue weighted by atomic mass is 16.6. The number of carbonyl (C=O) groups is 4. The number of hydrogen-bond acceptors (Lipinski definition) is 10. The summed E-state index contributed by atoms with van der Waals surface area (Å²) in [6, 6.07) is 19.3. The number of unbranched alkanes of at least 4 members (excludes halogenated alkanes) is 6. The van der Waals surface area contributed by atoms with E-state index >= 15 is 0 Å². The number of rotatable bonds is 22. The molecule has 2 aromatic rings. The van der Waals surface area contributed by atoms with E-state index in [0.29, 0.717) is 37.0 Å². The monoisotopic (exact) mass is 800 g/mol. The van der Waals surface area contributed by atoms with Gasteiger partial charge in [-0.3, -0.25) is 19.2 Å². The molecular weight excluding hydrogens is 733 g/mol. The van der Waals surface area contributed by atoms with Gasteiger partial charge in [-0.1, -0.05) is 93.6 Å². The van der Waals surface area contributed by atoms with Gasteiger partial charge in [-0.15, -0.1) is 0 Å². The highest BCUT2D eigenvalue weighted by molar-refractivity contribution is 5.80. The number of piperidine rings is 2. The summed E-state index contributed by atoms with van der Waals surface area (Å²) in [6.45, 7) is 2.12. The summed E-state index contributed by atoms with van der Waals surface area (Å²) >= 11 is 0. The Kier molecular flexibility index (Phi) is 16.6. The standard InChI is InChI=1S/C48H68N2O8/c1-4-5-6-7-13-18-45(51)56-33-44(48(54)58-42-30-39-26-27-40(31-42)50(39)3)36-22-20-34(21-23-36)15-10-8-14-19-46(52)55-32-43(35-16-11-9-12-17-35)47(53)57-41-28-37-24-25-38(29-41)49(37)2/h9,11-12,16-17,20-23,37-44H,4-8,10,13-15,18-19,24-33H2,1-3H3/t37-,38+,39-,40+,41+,42+,43?,44?. The van der Waals surface area contributed by atoms with Gasteiger partial charge in [-0.05, 0) is 108 Å². The third-order valence-electron chi connectivity index (χ3n) is 13.5. The Hall–Kier alpha value is -3.76. The molecule has 10 nitrogen and oxygen atoms in total. The number of aryl methyl sites for hydroxylation is 1. The van der Waals surface area contributed by atoms with E-state index in [9.17, 15) is 19.2 Å². The summed E-state index contributed by atoms with van der Waals surface area (Å²) in [4.78, 5) is 57.4. The number of fused-ring (bicyclic) bond motifs is 4. The lowest BCUT2D eigenvalue weighted by Crippen LogP contribution is -2.44. The Bertz CT molecular complexity index is 1590. The molecule has 0 amide bonds. The minimum Gasteiger partial charge on any atom is -0.464 e. The van der Waals surface area contributed by atoms with Crippen LogP contribution in [0.25, 0.3) is 0 Å². The molecule has 4 aliphatic heterocycles. The minimum atomic E-state index is -0.672. The van der Waals surface area contributed by atoms with Crippen molar-refractivity contribution < 1.29 is 38.1 Å². The van der Waals surface area contributed by atoms with Gasteiger partial charge in [0, 0.05) is 37.0 Å². The second-order valence-electron chi connectivity index (χ2n) is 17.5. The topological polar surface area (TPSA) is 112 Å². The molecule has 0 aliphatic carbocycles. The Balaban J connectivity index is 0.938. The van der Waals surface area contributed by atoms with E-state index in [1.807, 2.05) is 54.6 Å². The predicted octanol–water partition coefficient (Wildman–Crippen LogP) is 8.44. The number of benzene rings is 2. The molecule has 4 aliphatic rings. The van der Waals surface area contributed by atoms with Gasteiger partial charge < -0.3 is 28.7 Å². The van der Waals surface area contributed by atoms with Crippen molar-refractivity contribution in [3.8, 4) is 0 Å². The lowest BCUT2D eigenvalue weighted by Gasteiger charge is -2.36. The van der Waals surface area contributed by atoms with Crippen LogP contribution in [0.5, 0.6) is 0 Å². The SMILES string of the molecule is CCCCCCCC(=O)OCC(C(=O)O[C@H]1C[C@H]2CC[C@@H](C1)N2C)c1ccc(CCCCCC(=O)OCC(C(=O)O[C@H]2C[C@H]3CC[C@@H](C2)N3C)c2ccccc2)cc1. The summed E-state index contributed by atoms with van der Waals surface area (Å²) in [5.74, 6) is -2.53. The van der Waals surface area contributed by atoms with Gasteiger partial charge in [-0.2, -0.15) is 0 Å². The Morgan fingerprint density at radius 1 is 0.569 bits per heavy atom. The van der Waals surface area contributed by atoms with E-state index < -0.39 is 11.8 Å². The fraction of sp³-hybridized carbons (Fsp3) is 0.667.